The number of sulfonamides is 1. The van der Waals surface area contributed by atoms with E-state index >= 15 is 0 Å². The third-order valence-corrected chi connectivity index (χ3v) is 5.09. The lowest BCUT2D eigenvalue weighted by molar-refractivity contribution is 0.315. The third-order valence-electron chi connectivity index (χ3n) is 3.60. The van der Waals surface area contributed by atoms with E-state index in [4.69, 9.17) is 10.4 Å². The van der Waals surface area contributed by atoms with E-state index in [1.54, 1.807) is 6.07 Å². The van der Waals surface area contributed by atoms with Crippen molar-refractivity contribution in [3.8, 4) is 0 Å². The molecule has 1 heterocycles. The van der Waals surface area contributed by atoms with Crippen molar-refractivity contribution in [3.63, 3.8) is 0 Å². The summed E-state index contributed by atoms with van der Waals surface area (Å²) >= 11 is 0. The standard InChI is InChI=1S/C14H24N6O3S/c1-4-10(15)9-16-11-5-6-12(14-13(11)18-23-19-14)24(21,22)17-7-8-20(2)3/h5-6,10,16-17H,4,7-9,15H2,1-3H3. The van der Waals surface area contributed by atoms with Gasteiger partial charge in [-0.15, -0.1) is 0 Å². The van der Waals surface area contributed by atoms with Gasteiger partial charge in [-0.05, 0) is 43.0 Å². The fourth-order valence-electron chi connectivity index (χ4n) is 2.07. The van der Waals surface area contributed by atoms with Crippen molar-refractivity contribution in [1.82, 2.24) is 19.9 Å². The molecular weight excluding hydrogens is 332 g/mol. The third kappa shape index (κ3) is 4.41. The molecule has 9 nitrogen and oxygen atoms in total. The molecule has 4 N–H and O–H groups in total. The molecule has 0 aliphatic heterocycles. The molecule has 2 rings (SSSR count). The first kappa shape index (κ1) is 18.6. The van der Waals surface area contributed by atoms with Crippen LogP contribution < -0.4 is 15.8 Å². The predicted molar refractivity (Wildman–Crippen MR) is 92.3 cm³/mol. The average Bonchev–Trinajstić information content (AvgIpc) is 3.00. The number of likely N-dealkylation sites (N-methyl/N-ethyl adjacent to an activating group) is 1. The first-order chi connectivity index (χ1) is 11.3. The zero-order chi connectivity index (χ0) is 17.7. The molecule has 0 spiro atoms. The van der Waals surface area contributed by atoms with Crippen molar-refractivity contribution in [2.24, 2.45) is 5.73 Å². The number of hydrogen-bond donors (Lipinski definition) is 3. The largest absolute Gasteiger partial charge is 0.382 e. The highest BCUT2D eigenvalue weighted by Crippen LogP contribution is 2.26. The Morgan fingerprint density at radius 2 is 2.00 bits per heavy atom. The minimum atomic E-state index is -3.70. The van der Waals surface area contributed by atoms with Crippen LogP contribution in [-0.2, 0) is 10.0 Å². The van der Waals surface area contributed by atoms with Gasteiger partial charge in [0.25, 0.3) is 0 Å². The number of rotatable bonds is 9. The molecule has 10 heteroatoms. The number of nitrogens with one attached hydrogen (secondary N) is 2. The van der Waals surface area contributed by atoms with E-state index in [0.717, 1.165) is 6.42 Å². The maximum absolute atomic E-state index is 12.5. The molecule has 0 amide bonds. The van der Waals surface area contributed by atoms with Crippen molar-refractivity contribution >= 4 is 26.7 Å². The Bertz CT molecular complexity index is 774. The number of nitrogens with two attached hydrogens (primary N) is 1. The zero-order valence-corrected chi connectivity index (χ0v) is 14.9. The number of nitrogens with zero attached hydrogens (tertiary/aromatic N) is 3. The van der Waals surface area contributed by atoms with Gasteiger partial charge in [-0.25, -0.2) is 17.8 Å². The molecule has 1 aromatic carbocycles. The van der Waals surface area contributed by atoms with Gasteiger partial charge >= 0.3 is 0 Å². The number of hydrogen-bond acceptors (Lipinski definition) is 8. The van der Waals surface area contributed by atoms with E-state index in [-0.39, 0.29) is 16.5 Å². The number of fused-ring (bicyclic) bond motifs is 1. The normalized spacial score (nSPS) is 13.5. The van der Waals surface area contributed by atoms with Gasteiger partial charge in [0, 0.05) is 25.7 Å². The molecule has 0 fully saturated rings. The highest BCUT2D eigenvalue weighted by Gasteiger charge is 2.22. The summed E-state index contributed by atoms with van der Waals surface area (Å²) in [7, 11) is 0.0443. The Labute approximate surface area is 141 Å². The Balaban J connectivity index is 2.25. The minimum absolute atomic E-state index is 0.00369. The van der Waals surface area contributed by atoms with Crippen molar-refractivity contribution in [3.05, 3.63) is 12.1 Å². The van der Waals surface area contributed by atoms with Crippen LogP contribution in [0.5, 0.6) is 0 Å². The molecule has 1 unspecified atom stereocenters. The SMILES string of the molecule is CCC(N)CNc1ccc(S(=O)(=O)NCCN(C)C)c2nonc12. The molecule has 0 aliphatic rings. The lowest BCUT2D eigenvalue weighted by Gasteiger charge is -2.13. The molecule has 1 aromatic heterocycles. The van der Waals surface area contributed by atoms with E-state index in [2.05, 4.69) is 20.4 Å². The maximum Gasteiger partial charge on any atom is 0.242 e. The summed E-state index contributed by atoms with van der Waals surface area (Å²) in [6.07, 6.45) is 0.829. The molecular formula is C14H24N6O3S. The Morgan fingerprint density at radius 3 is 2.67 bits per heavy atom. The first-order valence-electron chi connectivity index (χ1n) is 7.74. The summed E-state index contributed by atoms with van der Waals surface area (Å²) < 4.78 is 32.2. The van der Waals surface area contributed by atoms with E-state index < -0.39 is 10.0 Å². The summed E-state index contributed by atoms with van der Waals surface area (Å²) in [4.78, 5) is 1.93. The number of benzene rings is 1. The predicted octanol–water partition coefficient (Wildman–Crippen LogP) is 0.212. The van der Waals surface area contributed by atoms with Gasteiger partial charge in [-0.3, -0.25) is 0 Å². The summed E-state index contributed by atoms with van der Waals surface area (Å²) in [6, 6.07) is 3.13. The van der Waals surface area contributed by atoms with Gasteiger partial charge in [0.1, 0.15) is 4.90 Å². The van der Waals surface area contributed by atoms with Gasteiger partial charge in [-0.2, -0.15) is 0 Å². The van der Waals surface area contributed by atoms with E-state index in [1.165, 1.54) is 6.07 Å². The number of aromatic nitrogens is 2. The van der Waals surface area contributed by atoms with Gasteiger partial charge in [0.05, 0.1) is 5.69 Å². The molecule has 0 aliphatic carbocycles. The molecule has 0 radical (unpaired) electrons. The van der Waals surface area contributed by atoms with E-state index in [9.17, 15) is 8.42 Å². The lowest BCUT2D eigenvalue weighted by Crippen LogP contribution is -2.31. The number of anilines is 1. The van der Waals surface area contributed by atoms with Crippen molar-refractivity contribution in [2.75, 3.05) is 39.0 Å². The van der Waals surface area contributed by atoms with E-state index in [0.29, 0.717) is 30.8 Å². The first-order valence-corrected chi connectivity index (χ1v) is 9.22. The maximum atomic E-state index is 12.5. The monoisotopic (exact) mass is 356 g/mol. The van der Waals surface area contributed by atoms with Crippen LogP contribution in [0.4, 0.5) is 5.69 Å². The Kier molecular flexibility index (Phi) is 6.10. The topological polar surface area (TPSA) is 126 Å². The fraction of sp³-hybridized carbons (Fsp3) is 0.571. The van der Waals surface area contributed by atoms with Crippen LogP contribution in [0.2, 0.25) is 0 Å². The Morgan fingerprint density at radius 1 is 1.29 bits per heavy atom. The van der Waals surface area contributed by atoms with Crippen molar-refractivity contribution in [1.29, 1.82) is 0 Å². The smallest absolute Gasteiger partial charge is 0.242 e. The van der Waals surface area contributed by atoms with Gasteiger partial charge < -0.3 is 16.0 Å². The molecule has 1 atom stereocenters. The summed E-state index contributed by atoms with van der Waals surface area (Å²) in [5.41, 5.74) is 7.09. The van der Waals surface area contributed by atoms with Crippen LogP contribution in [0.1, 0.15) is 13.3 Å². The fourth-order valence-corrected chi connectivity index (χ4v) is 3.22. The molecule has 2 aromatic rings. The van der Waals surface area contributed by atoms with Crippen LogP contribution >= 0.6 is 0 Å². The highest BCUT2D eigenvalue weighted by atomic mass is 32.2. The quantitative estimate of drug-likeness (QED) is 0.582. The van der Waals surface area contributed by atoms with Crippen molar-refractivity contribution in [2.45, 2.75) is 24.3 Å². The summed E-state index contributed by atoms with van der Waals surface area (Å²) in [5, 5.41) is 10.7. The van der Waals surface area contributed by atoms with Crippen LogP contribution in [-0.4, -0.2) is 63.4 Å². The Hall–Kier alpha value is -1.75. The molecule has 134 valence electrons. The minimum Gasteiger partial charge on any atom is -0.382 e. The van der Waals surface area contributed by atoms with Gasteiger partial charge in [0.15, 0.2) is 11.0 Å². The van der Waals surface area contributed by atoms with Crippen LogP contribution in [0.3, 0.4) is 0 Å². The van der Waals surface area contributed by atoms with Gasteiger partial charge in [0.2, 0.25) is 10.0 Å². The van der Waals surface area contributed by atoms with Crippen LogP contribution in [0.25, 0.3) is 11.0 Å². The highest BCUT2D eigenvalue weighted by molar-refractivity contribution is 7.89. The zero-order valence-electron chi connectivity index (χ0n) is 14.1. The van der Waals surface area contributed by atoms with Crippen molar-refractivity contribution < 1.29 is 13.0 Å². The second-order valence-electron chi connectivity index (χ2n) is 5.82. The molecule has 0 saturated heterocycles. The molecule has 0 saturated carbocycles. The van der Waals surface area contributed by atoms with Crippen LogP contribution in [0, 0.1) is 0 Å². The van der Waals surface area contributed by atoms with Crippen LogP contribution in [0.15, 0.2) is 21.7 Å². The average molecular weight is 356 g/mol. The lowest BCUT2D eigenvalue weighted by atomic mass is 10.2. The second-order valence-corrected chi connectivity index (χ2v) is 7.56. The summed E-state index contributed by atoms with van der Waals surface area (Å²) in [5.74, 6) is 0. The summed E-state index contributed by atoms with van der Waals surface area (Å²) in [6.45, 7) is 3.43. The second kappa shape index (κ2) is 7.88. The molecule has 0 bridgehead atoms. The van der Waals surface area contributed by atoms with Gasteiger partial charge in [-0.1, -0.05) is 6.92 Å². The van der Waals surface area contributed by atoms with E-state index in [1.807, 2.05) is 25.9 Å². The molecule has 24 heavy (non-hydrogen) atoms.